The highest BCUT2D eigenvalue weighted by molar-refractivity contribution is 5.79. The van der Waals surface area contributed by atoms with Crippen molar-refractivity contribution in [2.75, 3.05) is 20.7 Å². The molecule has 0 atom stereocenters. The summed E-state index contributed by atoms with van der Waals surface area (Å²) >= 11 is 0. The summed E-state index contributed by atoms with van der Waals surface area (Å²) in [7, 11) is 3.55. The molecule has 6 heteroatoms. The maximum absolute atomic E-state index is 13.0. The van der Waals surface area contributed by atoms with E-state index in [4.69, 9.17) is 4.74 Å². The molecule has 0 spiro atoms. The second kappa shape index (κ2) is 8.86. The van der Waals surface area contributed by atoms with Gasteiger partial charge in [-0.25, -0.2) is 14.4 Å². The Morgan fingerprint density at radius 2 is 2.00 bits per heavy atom. The third kappa shape index (κ3) is 5.22. The van der Waals surface area contributed by atoms with E-state index in [1.165, 1.54) is 12.1 Å². The maximum atomic E-state index is 13.0. The zero-order chi connectivity index (χ0) is 17.4. The van der Waals surface area contributed by atoms with Gasteiger partial charge in [0.05, 0.1) is 13.7 Å². The van der Waals surface area contributed by atoms with E-state index in [0.717, 1.165) is 23.6 Å². The first-order valence-electron chi connectivity index (χ1n) is 7.85. The minimum Gasteiger partial charge on any atom is -0.481 e. The van der Waals surface area contributed by atoms with E-state index in [2.05, 4.69) is 15.3 Å². The van der Waals surface area contributed by atoms with E-state index < -0.39 is 0 Å². The molecule has 2 rings (SSSR count). The van der Waals surface area contributed by atoms with Crippen molar-refractivity contribution in [2.45, 2.75) is 20.0 Å². The molecule has 1 N–H and O–H groups in total. The number of nitrogens with one attached hydrogen (secondary N) is 1. The number of ether oxygens (including phenoxy) is 1. The van der Waals surface area contributed by atoms with Crippen molar-refractivity contribution in [3.05, 3.63) is 59.5 Å². The van der Waals surface area contributed by atoms with Crippen LogP contribution in [0.25, 0.3) is 0 Å². The fraction of sp³-hybridized carbons (Fsp3) is 0.333. The number of rotatable bonds is 6. The van der Waals surface area contributed by atoms with Crippen LogP contribution in [0.15, 0.2) is 47.6 Å². The van der Waals surface area contributed by atoms with Crippen molar-refractivity contribution < 1.29 is 9.13 Å². The second-order valence-corrected chi connectivity index (χ2v) is 5.36. The van der Waals surface area contributed by atoms with E-state index >= 15 is 0 Å². The van der Waals surface area contributed by atoms with Crippen LogP contribution >= 0.6 is 0 Å². The smallest absolute Gasteiger partial charge is 0.213 e. The molecular weight excluding hydrogens is 307 g/mol. The van der Waals surface area contributed by atoms with Gasteiger partial charge in [0.1, 0.15) is 5.82 Å². The average Bonchev–Trinajstić information content (AvgIpc) is 2.60. The minimum absolute atomic E-state index is 0.228. The number of pyridine rings is 1. The van der Waals surface area contributed by atoms with Gasteiger partial charge < -0.3 is 15.0 Å². The number of benzene rings is 1. The number of aromatic nitrogens is 1. The van der Waals surface area contributed by atoms with E-state index in [1.807, 2.05) is 31.0 Å². The molecular formula is C18H23FN4O. The first-order chi connectivity index (χ1) is 11.6. The maximum Gasteiger partial charge on any atom is 0.213 e. The Morgan fingerprint density at radius 1 is 1.25 bits per heavy atom. The van der Waals surface area contributed by atoms with Crippen molar-refractivity contribution >= 4 is 5.96 Å². The standard InChI is InChI=1S/C18H23FN4O/c1-4-20-18(22-12-15-9-10-21-17(11-15)24-3)23(2)13-14-5-7-16(19)8-6-14/h5-11H,4,12-13H2,1-3H3,(H,20,22). The summed E-state index contributed by atoms with van der Waals surface area (Å²) in [6.07, 6.45) is 1.71. The van der Waals surface area contributed by atoms with E-state index in [-0.39, 0.29) is 5.82 Å². The van der Waals surface area contributed by atoms with Crippen molar-refractivity contribution in [2.24, 2.45) is 4.99 Å². The molecule has 0 amide bonds. The topological polar surface area (TPSA) is 49.8 Å². The largest absolute Gasteiger partial charge is 0.481 e. The van der Waals surface area contributed by atoms with Gasteiger partial charge in [0.2, 0.25) is 5.88 Å². The van der Waals surface area contributed by atoms with Crippen LogP contribution in [0.2, 0.25) is 0 Å². The molecule has 1 aromatic heterocycles. The van der Waals surface area contributed by atoms with Crippen molar-refractivity contribution in [3.63, 3.8) is 0 Å². The van der Waals surface area contributed by atoms with Gasteiger partial charge in [0, 0.05) is 32.4 Å². The van der Waals surface area contributed by atoms with Crippen LogP contribution in [-0.2, 0) is 13.1 Å². The van der Waals surface area contributed by atoms with Gasteiger partial charge in [-0.2, -0.15) is 0 Å². The summed E-state index contributed by atoms with van der Waals surface area (Å²) in [5.41, 5.74) is 2.04. The number of hydrogen-bond acceptors (Lipinski definition) is 3. The Hall–Kier alpha value is -2.63. The average molecular weight is 330 g/mol. The molecule has 0 aliphatic rings. The number of hydrogen-bond donors (Lipinski definition) is 1. The lowest BCUT2D eigenvalue weighted by atomic mass is 10.2. The molecule has 5 nitrogen and oxygen atoms in total. The molecule has 2 aromatic rings. The van der Waals surface area contributed by atoms with Gasteiger partial charge in [-0.1, -0.05) is 12.1 Å². The summed E-state index contributed by atoms with van der Waals surface area (Å²) in [6, 6.07) is 10.3. The molecule has 0 radical (unpaired) electrons. The SMILES string of the molecule is CCNC(=NCc1ccnc(OC)c1)N(C)Cc1ccc(F)cc1. The van der Waals surface area contributed by atoms with Crippen LogP contribution < -0.4 is 10.1 Å². The molecule has 0 bridgehead atoms. The van der Waals surface area contributed by atoms with E-state index in [0.29, 0.717) is 19.0 Å². The van der Waals surface area contributed by atoms with Gasteiger partial charge in [0.15, 0.2) is 5.96 Å². The molecule has 0 saturated heterocycles. The Bertz CT molecular complexity index is 673. The molecule has 24 heavy (non-hydrogen) atoms. The van der Waals surface area contributed by atoms with Gasteiger partial charge >= 0.3 is 0 Å². The normalized spacial score (nSPS) is 11.2. The summed E-state index contributed by atoms with van der Waals surface area (Å²) in [6.45, 7) is 3.96. The highest BCUT2D eigenvalue weighted by atomic mass is 19.1. The summed E-state index contributed by atoms with van der Waals surface area (Å²) in [5.74, 6) is 1.14. The summed E-state index contributed by atoms with van der Waals surface area (Å²) < 4.78 is 18.1. The van der Waals surface area contributed by atoms with Crippen LogP contribution in [0, 0.1) is 5.82 Å². The quantitative estimate of drug-likeness (QED) is 0.654. The molecule has 128 valence electrons. The molecule has 1 aromatic carbocycles. The molecule has 0 aliphatic heterocycles. The van der Waals surface area contributed by atoms with Gasteiger partial charge in [-0.05, 0) is 36.2 Å². The van der Waals surface area contributed by atoms with Crippen LogP contribution in [-0.4, -0.2) is 36.5 Å². The van der Waals surface area contributed by atoms with Crippen LogP contribution in [0.5, 0.6) is 5.88 Å². The predicted octanol–water partition coefficient (Wildman–Crippen LogP) is 2.83. The highest BCUT2D eigenvalue weighted by Gasteiger charge is 2.07. The highest BCUT2D eigenvalue weighted by Crippen LogP contribution is 2.10. The van der Waals surface area contributed by atoms with E-state index in [1.54, 1.807) is 25.4 Å². The Labute approximate surface area is 142 Å². The first kappa shape index (κ1) is 17.7. The Morgan fingerprint density at radius 3 is 2.67 bits per heavy atom. The number of nitrogens with zero attached hydrogens (tertiary/aromatic N) is 3. The van der Waals surface area contributed by atoms with Crippen molar-refractivity contribution in [1.29, 1.82) is 0 Å². The number of aliphatic imine (C=N–C) groups is 1. The minimum atomic E-state index is -0.228. The van der Waals surface area contributed by atoms with Crippen molar-refractivity contribution in [3.8, 4) is 5.88 Å². The lowest BCUT2D eigenvalue weighted by molar-refractivity contribution is 0.397. The Kier molecular flexibility index (Phi) is 6.54. The van der Waals surface area contributed by atoms with Gasteiger partial charge in [0.25, 0.3) is 0 Å². The molecule has 0 aliphatic carbocycles. The van der Waals surface area contributed by atoms with Crippen molar-refractivity contribution in [1.82, 2.24) is 15.2 Å². The van der Waals surface area contributed by atoms with Crippen LogP contribution in [0.3, 0.4) is 0 Å². The van der Waals surface area contributed by atoms with E-state index in [9.17, 15) is 4.39 Å². The third-order valence-electron chi connectivity index (χ3n) is 3.45. The summed E-state index contributed by atoms with van der Waals surface area (Å²) in [4.78, 5) is 10.7. The van der Waals surface area contributed by atoms with Gasteiger partial charge in [-0.3, -0.25) is 0 Å². The molecule has 0 fully saturated rings. The zero-order valence-corrected chi connectivity index (χ0v) is 14.3. The number of halogens is 1. The lowest BCUT2D eigenvalue weighted by Crippen LogP contribution is -2.38. The predicted molar refractivity (Wildman–Crippen MR) is 93.5 cm³/mol. The fourth-order valence-electron chi connectivity index (χ4n) is 2.23. The lowest BCUT2D eigenvalue weighted by Gasteiger charge is -2.22. The number of methoxy groups -OCH3 is 1. The summed E-state index contributed by atoms with van der Waals surface area (Å²) in [5, 5.41) is 3.27. The number of guanidine groups is 1. The third-order valence-corrected chi connectivity index (χ3v) is 3.45. The first-order valence-corrected chi connectivity index (χ1v) is 7.85. The Balaban J connectivity index is 2.07. The zero-order valence-electron chi connectivity index (χ0n) is 14.3. The van der Waals surface area contributed by atoms with Crippen LogP contribution in [0.4, 0.5) is 4.39 Å². The second-order valence-electron chi connectivity index (χ2n) is 5.36. The fourth-order valence-corrected chi connectivity index (χ4v) is 2.23. The van der Waals surface area contributed by atoms with Gasteiger partial charge in [-0.15, -0.1) is 0 Å². The molecule has 0 unspecified atom stereocenters. The monoisotopic (exact) mass is 330 g/mol. The molecule has 0 saturated carbocycles. The van der Waals surface area contributed by atoms with Crippen LogP contribution in [0.1, 0.15) is 18.1 Å². The molecule has 1 heterocycles.